The SMILES string of the molecule is C/C(CC(=O)Nc1ccc(OCc2ccccc2)cc1)=N/NC(=O)C(=O)Nc1ccccc1C. The van der Waals surface area contributed by atoms with Gasteiger partial charge in [0.05, 0.1) is 6.42 Å². The van der Waals surface area contributed by atoms with E-state index in [-0.39, 0.29) is 12.3 Å². The Hall–Kier alpha value is -4.46. The Morgan fingerprint density at radius 1 is 0.824 bits per heavy atom. The second kappa shape index (κ2) is 12.0. The molecule has 3 rings (SSSR count). The molecule has 0 aliphatic heterocycles. The first kappa shape index (κ1) is 24.2. The number of ether oxygens (including phenoxy) is 1. The summed E-state index contributed by atoms with van der Waals surface area (Å²) in [6.07, 6.45) is -0.0497. The molecule has 8 heteroatoms. The molecule has 174 valence electrons. The van der Waals surface area contributed by atoms with Gasteiger partial charge in [-0.2, -0.15) is 5.10 Å². The number of hydrogen-bond donors (Lipinski definition) is 3. The lowest BCUT2D eigenvalue weighted by Crippen LogP contribution is -2.33. The summed E-state index contributed by atoms with van der Waals surface area (Å²) < 4.78 is 5.73. The molecular formula is C26H26N4O4. The van der Waals surface area contributed by atoms with Crippen LogP contribution in [0.4, 0.5) is 11.4 Å². The van der Waals surface area contributed by atoms with Crippen molar-refractivity contribution in [3.63, 3.8) is 0 Å². The summed E-state index contributed by atoms with van der Waals surface area (Å²) in [5, 5.41) is 9.11. The molecule has 3 aromatic carbocycles. The number of carbonyl (C=O) groups is 3. The number of aryl methyl sites for hydroxylation is 1. The highest BCUT2D eigenvalue weighted by molar-refractivity contribution is 6.39. The van der Waals surface area contributed by atoms with E-state index in [1.54, 1.807) is 43.3 Å². The molecule has 0 atom stereocenters. The molecule has 0 fully saturated rings. The summed E-state index contributed by atoms with van der Waals surface area (Å²) >= 11 is 0. The molecular weight excluding hydrogens is 432 g/mol. The molecule has 0 aliphatic carbocycles. The van der Waals surface area contributed by atoms with Gasteiger partial charge in [0.2, 0.25) is 5.91 Å². The Kier molecular flexibility index (Phi) is 8.51. The number of carbonyl (C=O) groups excluding carboxylic acids is 3. The summed E-state index contributed by atoms with van der Waals surface area (Å²) in [5.74, 6) is -1.39. The molecule has 0 saturated heterocycles. The largest absolute Gasteiger partial charge is 0.489 e. The van der Waals surface area contributed by atoms with E-state index in [4.69, 9.17) is 4.74 Å². The van der Waals surface area contributed by atoms with Crippen LogP contribution in [0.1, 0.15) is 24.5 Å². The summed E-state index contributed by atoms with van der Waals surface area (Å²) in [6.45, 7) is 3.86. The number of benzene rings is 3. The van der Waals surface area contributed by atoms with Crippen LogP contribution in [0, 0.1) is 6.92 Å². The van der Waals surface area contributed by atoms with Crippen LogP contribution in [0.5, 0.6) is 5.75 Å². The molecule has 0 heterocycles. The van der Waals surface area contributed by atoms with E-state index < -0.39 is 11.8 Å². The average molecular weight is 459 g/mol. The first-order valence-corrected chi connectivity index (χ1v) is 10.7. The zero-order valence-corrected chi connectivity index (χ0v) is 19.0. The van der Waals surface area contributed by atoms with Gasteiger partial charge in [-0.15, -0.1) is 0 Å². The van der Waals surface area contributed by atoms with Gasteiger partial charge in [0, 0.05) is 17.1 Å². The van der Waals surface area contributed by atoms with E-state index in [1.807, 2.05) is 49.4 Å². The summed E-state index contributed by atoms with van der Waals surface area (Å²) in [4.78, 5) is 36.2. The van der Waals surface area contributed by atoms with Crippen LogP contribution in [0.15, 0.2) is 84.0 Å². The molecule has 0 radical (unpaired) electrons. The van der Waals surface area contributed by atoms with Crippen LogP contribution in [0.2, 0.25) is 0 Å². The van der Waals surface area contributed by atoms with Gasteiger partial charge in [-0.05, 0) is 55.3 Å². The third kappa shape index (κ3) is 7.59. The quantitative estimate of drug-likeness (QED) is 0.269. The van der Waals surface area contributed by atoms with Crippen molar-refractivity contribution in [2.24, 2.45) is 5.10 Å². The first-order valence-electron chi connectivity index (χ1n) is 10.7. The molecule has 0 unspecified atom stereocenters. The van der Waals surface area contributed by atoms with E-state index >= 15 is 0 Å². The van der Waals surface area contributed by atoms with Gasteiger partial charge in [0.1, 0.15) is 12.4 Å². The van der Waals surface area contributed by atoms with Gasteiger partial charge in [0.15, 0.2) is 0 Å². The second-order valence-corrected chi connectivity index (χ2v) is 7.58. The Morgan fingerprint density at radius 3 is 2.21 bits per heavy atom. The van der Waals surface area contributed by atoms with Crippen LogP contribution in [-0.4, -0.2) is 23.4 Å². The van der Waals surface area contributed by atoms with E-state index in [0.29, 0.717) is 29.4 Å². The Labute approximate surface area is 198 Å². The third-order valence-corrected chi connectivity index (χ3v) is 4.75. The van der Waals surface area contributed by atoms with Gasteiger partial charge in [-0.25, -0.2) is 5.43 Å². The lowest BCUT2D eigenvalue weighted by atomic mass is 10.2. The smallest absolute Gasteiger partial charge is 0.329 e. The lowest BCUT2D eigenvalue weighted by Gasteiger charge is -2.09. The fourth-order valence-electron chi connectivity index (χ4n) is 2.94. The maximum atomic E-state index is 12.3. The molecule has 0 spiro atoms. The first-order chi connectivity index (χ1) is 16.4. The van der Waals surface area contributed by atoms with Gasteiger partial charge in [-0.1, -0.05) is 48.5 Å². The summed E-state index contributed by atoms with van der Waals surface area (Å²) in [6, 6.07) is 23.9. The third-order valence-electron chi connectivity index (χ3n) is 4.75. The van der Waals surface area contributed by atoms with Crippen LogP contribution in [0.3, 0.4) is 0 Å². The van der Waals surface area contributed by atoms with Crippen LogP contribution >= 0.6 is 0 Å². The van der Waals surface area contributed by atoms with Crippen LogP contribution in [-0.2, 0) is 21.0 Å². The minimum atomic E-state index is -0.922. The molecule has 8 nitrogen and oxygen atoms in total. The fourth-order valence-corrected chi connectivity index (χ4v) is 2.94. The standard InChI is InChI=1S/C26H26N4O4/c1-18-8-6-7-11-23(18)28-25(32)26(33)30-29-19(2)16-24(31)27-21-12-14-22(15-13-21)34-17-20-9-4-3-5-10-20/h3-15H,16-17H2,1-2H3,(H,27,31)(H,28,32)(H,30,33)/b29-19-. The number of nitrogens with zero attached hydrogens (tertiary/aromatic N) is 1. The van der Waals surface area contributed by atoms with Crippen molar-refractivity contribution in [3.8, 4) is 5.75 Å². The molecule has 0 aromatic heterocycles. The zero-order valence-electron chi connectivity index (χ0n) is 19.0. The van der Waals surface area contributed by atoms with Crippen molar-refractivity contribution in [1.29, 1.82) is 0 Å². The number of rotatable bonds is 8. The van der Waals surface area contributed by atoms with Crippen molar-refractivity contribution < 1.29 is 19.1 Å². The van der Waals surface area contributed by atoms with Gasteiger partial charge < -0.3 is 15.4 Å². The lowest BCUT2D eigenvalue weighted by molar-refractivity contribution is -0.136. The Bertz CT molecular complexity index is 1170. The number of para-hydroxylation sites is 1. The Balaban J connectivity index is 1.43. The Morgan fingerprint density at radius 2 is 1.50 bits per heavy atom. The van der Waals surface area contributed by atoms with Gasteiger partial charge in [0.25, 0.3) is 0 Å². The highest BCUT2D eigenvalue weighted by Gasteiger charge is 2.14. The van der Waals surface area contributed by atoms with Crippen molar-refractivity contribution in [1.82, 2.24) is 5.43 Å². The minimum Gasteiger partial charge on any atom is -0.489 e. The molecule has 3 amide bonds. The normalized spacial score (nSPS) is 10.8. The highest BCUT2D eigenvalue weighted by Crippen LogP contribution is 2.17. The molecule has 0 saturated carbocycles. The predicted octanol–water partition coefficient (Wildman–Crippen LogP) is 4.03. The summed E-state index contributed by atoms with van der Waals surface area (Å²) in [7, 11) is 0. The molecule has 0 bridgehead atoms. The number of amides is 3. The van der Waals surface area contributed by atoms with Crippen molar-refractivity contribution in [2.75, 3.05) is 10.6 Å². The summed E-state index contributed by atoms with van der Waals surface area (Å²) in [5.41, 5.74) is 5.55. The number of hydrazone groups is 1. The predicted molar refractivity (Wildman–Crippen MR) is 132 cm³/mol. The average Bonchev–Trinajstić information content (AvgIpc) is 2.84. The maximum Gasteiger partial charge on any atom is 0.329 e. The number of nitrogens with one attached hydrogen (secondary N) is 3. The maximum absolute atomic E-state index is 12.3. The van der Waals surface area contributed by atoms with Crippen molar-refractivity contribution in [3.05, 3.63) is 90.0 Å². The van der Waals surface area contributed by atoms with E-state index in [0.717, 1.165) is 11.1 Å². The second-order valence-electron chi connectivity index (χ2n) is 7.58. The van der Waals surface area contributed by atoms with Crippen molar-refractivity contribution >= 4 is 34.8 Å². The monoisotopic (exact) mass is 458 g/mol. The van der Waals surface area contributed by atoms with Crippen LogP contribution in [0.25, 0.3) is 0 Å². The van der Waals surface area contributed by atoms with Gasteiger partial charge >= 0.3 is 11.8 Å². The topological polar surface area (TPSA) is 109 Å². The fraction of sp³-hybridized carbons (Fsp3) is 0.154. The van der Waals surface area contributed by atoms with E-state index in [1.165, 1.54) is 0 Å². The zero-order chi connectivity index (χ0) is 24.3. The number of hydrogen-bond acceptors (Lipinski definition) is 5. The van der Waals surface area contributed by atoms with E-state index in [9.17, 15) is 14.4 Å². The highest BCUT2D eigenvalue weighted by atomic mass is 16.5. The molecule has 3 aromatic rings. The minimum absolute atomic E-state index is 0.0497. The molecule has 34 heavy (non-hydrogen) atoms. The molecule has 3 N–H and O–H groups in total. The molecule has 0 aliphatic rings. The van der Waals surface area contributed by atoms with Gasteiger partial charge in [-0.3, -0.25) is 14.4 Å². The van der Waals surface area contributed by atoms with Crippen LogP contribution < -0.4 is 20.8 Å². The van der Waals surface area contributed by atoms with E-state index in [2.05, 4.69) is 21.2 Å². The van der Waals surface area contributed by atoms with Crippen molar-refractivity contribution in [2.45, 2.75) is 26.9 Å². The number of anilines is 2.